The molecular formula is C11H17N3O3S. The van der Waals surface area contributed by atoms with Gasteiger partial charge in [0.25, 0.3) is 0 Å². The number of carbonyl (C=O) groups is 2. The molecule has 0 bridgehead atoms. The molecule has 18 heavy (non-hydrogen) atoms. The molecular weight excluding hydrogens is 254 g/mol. The highest BCUT2D eigenvalue weighted by Crippen LogP contribution is 2.03. The Balaban J connectivity index is 2.25. The number of aromatic nitrogens is 2. The number of aryl methyl sites for hydroxylation is 1. The minimum absolute atomic E-state index is 0.222. The molecule has 0 saturated heterocycles. The number of H-pyrrole nitrogens is 1. The van der Waals surface area contributed by atoms with Crippen LogP contribution >= 0.6 is 11.8 Å². The molecule has 0 spiro atoms. The lowest BCUT2D eigenvalue weighted by molar-refractivity contribution is -0.141. The number of carboxylic acid groups (broad SMARTS) is 1. The van der Waals surface area contributed by atoms with E-state index in [2.05, 4.69) is 15.5 Å². The molecule has 0 radical (unpaired) electrons. The summed E-state index contributed by atoms with van der Waals surface area (Å²) in [4.78, 5) is 22.4. The van der Waals surface area contributed by atoms with Crippen LogP contribution < -0.4 is 5.32 Å². The maximum absolute atomic E-state index is 11.6. The second kappa shape index (κ2) is 7.75. The molecule has 1 aromatic heterocycles. The summed E-state index contributed by atoms with van der Waals surface area (Å²) in [6.07, 6.45) is 7.06. The van der Waals surface area contributed by atoms with E-state index in [9.17, 15) is 9.59 Å². The number of thioether (sulfide) groups is 1. The van der Waals surface area contributed by atoms with E-state index in [1.54, 1.807) is 18.6 Å². The molecule has 0 unspecified atom stereocenters. The fourth-order valence-electron chi connectivity index (χ4n) is 1.48. The first kappa shape index (κ1) is 14.6. The van der Waals surface area contributed by atoms with E-state index in [4.69, 9.17) is 5.11 Å². The van der Waals surface area contributed by atoms with Crippen molar-refractivity contribution in [3.05, 3.63) is 18.0 Å². The van der Waals surface area contributed by atoms with Crippen LogP contribution in [0.25, 0.3) is 0 Å². The van der Waals surface area contributed by atoms with E-state index in [0.29, 0.717) is 18.6 Å². The third-order valence-electron chi connectivity index (χ3n) is 2.39. The molecule has 0 aliphatic rings. The summed E-state index contributed by atoms with van der Waals surface area (Å²) in [5, 5.41) is 17.9. The quantitative estimate of drug-likeness (QED) is 0.646. The second-order valence-electron chi connectivity index (χ2n) is 3.87. The first-order valence-electron chi connectivity index (χ1n) is 5.62. The first-order valence-corrected chi connectivity index (χ1v) is 7.01. The summed E-state index contributed by atoms with van der Waals surface area (Å²) in [6, 6.07) is -0.804. The first-order chi connectivity index (χ1) is 8.63. The van der Waals surface area contributed by atoms with Gasteiger partial charge in [-0.15, -0.1) is 0 Å². The molecule has 1 aromatic rings. The smallest absolute Gasteiger partial charge is 0.327 e. The van der Waals surface area contributed by atoms with Gasteiger partial charge >= 0.3 is 5.97 Å². The number of rotatable bonds is 8. The van der Waals surface area contributed by atoms with Gasteiger partial charge in [0.15, 0.2) is 0 Å². The highest BCUT2D eigenvalue weighted by atomic mass is 32.2. The van der Waals surface area contributed by atoms with Gasteiger partial charge in [-0.1, -0.05) is 0 Å². The van der Waals surface area contributed by atoms with Crippen LogP contribution in [0.15, 0.2) is 12.4 Å². The molecule has 1 atom stereocenters. The predicted molar refractivity (Wildman–Crippen MR) is 69.5 cm³/mol. The van der Waals surface area contributed by atoms with Crippen LogP contribution in [-0.4, -0.2) is 45.2 Å². The molecule has 100 valence electrons. The zero-order chi connectivity index (χ0) is 13.4. The molecule has 1 amide bonds. The average Bonchev–Trinajstić information content (AvgIpc) is 2.81. The van der Waals surface area contributed by atoms with Crippen LogP contribution in [0.5, 0.6) is 0 Å². The number of hydrogen-bond donors (Lipinski definition) is 3. The summed E-state index contributed by atoms with van der Waals surface area (Å²) in [5.74, 6) is -0.838. The van der Waals surface area contributed by atoms with Gasteiger partial charge in [-0.25, -0.2) is 4.79 Å². The number of nitrogens with zero attached hydrogens (tertiary/aromatic N) is 1. The van der Waals surface area contributed by atoms with E-state index < -0.39 is 12.0 Å². The number of aliphatic carboxylic acids is 1. The Bertz CT molecular complexity index is 381. The third kappa shape index (κ3) is 5.22. The van der Waals surface area contributed by atoms with Crippen LogP contribution in [0.3, 0.4) is 0 Å². The molecule has 0 fully saturated rings. The topological polar surface area (TPSA) is 95.1 Å². The molecule has 0 saturated carbocycles. The molecule has 0 aliphatic carbocycles. The molecule has 3 N–H and O–H groups in total. The van der Waals surface area contributed by atoms with Crippen molar-refractivity contribution in [1.29, 1.82) is 0 Å². The normalized spacial score (nSPS) is 12.1. The number of aromatic amines is 1. The SMILES string of the molecule is CSC[C@H](NC(=O)CCCc1cn[nH]c1)C(=O)O. The Labute approximate surface area is 110 Å². The second-order valence-corrected chi connectivity index (χ2v) is 4.78. The minimum Gasteiger partial charge on any atom is -0.480 e. The lowest BCUT2D eigenvalue weighted by Gasteiger charge is -2.12. The van der Waals surface area contributed by atoms with E-state index in [0.717, 1.165) is 12.0 Å². The number of carboxylic acids is 1. The highest BCUT2D eigenvalue weighted by Gasteiger charge is 2.18. The van der Waals surface area contributed by atoms with Crippen LogP contribution in [0.4, 0.5) is 0 Å². The zero-order valence-corrected chi connectivity index (χ0v) is 11.0. The van der Waals surface area contributed by atoms with Gasteiger partial charge in [-0.2, -0.15) is 16.9 Å². The van der Waals surface area contributed by atoms with Gasteiger partial charge in [0.1, 0.15) is 6.04 Å². The monoisotopic (exact) mass is 271 g/mol. The molecule has 6 nitrogen and oxygen atoms in total. The van der Waals surface area contributed by atoms with Crippen molar-refractivity contribution in [2.75, 3.05) is 12.0 Å². The minimum atomic E-state index is -0.993. The van der Waals surface area contributed by atoms with Crippen molar-refractivity contribution in [2.45, 2.75) is 25.3 Å². The van der Waals surface area contributed by atoms with Crippen molar-refractivity contribution >= 4 is 23.6 Å². The third-order valence-corrected chi connectivity index (χ3v) is 3.06. The highest BCUT2D eigenvalue weighted by molar-refractivity contribution is 7.98. The summed E-state index contributed by atoms with van der Waals surface area (Å²) in [6.45, 7) is 0. The Morgan fingerprint density at radius 2 is 2.39 bits per heavy atom. The lowest BCUT2D eigenvalue weighted by Crippen LogP contribution is -2.42. The molecule has 0 aliphatic heterocycles. The Hall–Kier alpha value is -1.50. The van der Waals surface area contributed by atoms with Gasteiger partial charge < -0.3 is 10.4 Å². The Morgan fingerprint density at radius 3 is 2.94 bits per heavy atom. The largest absolute Gasteiger partial charge is 0.480 e. The summed E-state index contributed by atoms with van der Waals surface area (Å²) in [7, 11) is 0. The van der Waals surface area contributed by atoms with E-state index in [-0.39, 0.29) is 5.91 Å². The van der Waals surface area contributed by atoms with Gasteiger partial charge in [0, 0.05) is 18.4 Å². The zero-order valence-electron chi connectivity index (χ0n) is 10.2. The van der Waals surface area contributed by atoms with E-state index >= 15 is 0 Å². The lowest BCUT2D eigenvalue weighted by atomic mass is 10.1. The van der Waals surface area contributed by atoms with Crippen molar-refractivity contribution in [1.82, 2.24) is 15.5 Å². The average molecular weight is 271 g/mol. The van der Waals surface area contributed by atoms with Gasteiger partial charge in [-0.05, 0) is 24.7 Å². The summed E-state index contributed by atoms with van der Waals surface area (Å²) < 4.78 is 0. The van der Waals surface area contributed by atoms with Gasteiger partial charge in [-0.3, -0.25) is 9.89 Å². The standard InChI is InChI=1S/C11H17N3O3S/c1-18-7-9(11(16)17)14-10(15)4-2-3-8-5-12-13-6-8/h5-6,9H,2-4,7H2,1H3,(H,12,13)(H,14,15)(H,16,17)/t9-/m0/s1. The van der Waals surface area contributed by atoms with Crippen LogP contribution in [0.1, 0.15) is 18.4 Å². The number of hydrogen-bond acceptors (Lipinski definition) is 4. The van der Waals surface area contributed by atoms with Gasteiger partial charge in [0.05, 0.1) is 6.20 Å². The van der Waals surface area contributed by atoms with Crippen molar-refractivity contribution in [3.8, 4) is 0 Å². The van der Waals surface area contributed by atoms with Crippen LogP contribution in [0.2, 0.25) is 0 Å². The van der Waals surface area contributed by atoms with Crippen molar-refractivity contribution in [3.63, 3.8) is 0 Å². The number of carbonyl (C=O) groups excluding carboxylic acids is 1. The summed E-state index contributed by atoms with van der Waals surface area (Å²) >= 11 is 1.39. The summed E-state index contributed by atoms with van der Waals surface area (Å²) in [5.41, 5.74) is 1.04. The molecule has 7 heteroatoms. The van der Waals surface area contributed by atoms with Crippen LogP contribution in [0, 0.1) is 0 Å². The maximum Gasteiger partial charge on any atom is 0.327 e. The van der Waals surface area contributed by atoms with Crippen LogP contribution in [-0.2, 0) is 16.0 Å². The molecule has 1 rings (SSSR count). The fourth-order valence-corrected chi connectivity index (χ4v) is 2.03. The van der Waals surface area contributed by atoms with Crippen molar-refractivity contribution < 1.29 is 14.7 Å². The van der Waals surface area contributed by atoms with Gasteiger partial charge in [0.2, 0.25) is 5.91 Å². The molecule has 0 aromatic carbocycles. The van der Waals surface area contributed by atoms with Crippen molar-refractivity contribution in [2.24, 2.45) is 0 Å². The van der Waals surface area contributed by atoms with E-state index in [1.165, 1.54) is 11.8 Å². The maximum atomic E-state index is 11.6. The Morgan fingerprint density at radius 1 is 1.61 bits per heavy atom. The molecule has 1 heterocycles. The predicted octanol–water partition coefficient (Wildman–Crippen LogP) is 0.665. The Kier molecular flexibility index (Phi) is 6.27. The number of amides is 1. The fraction of sp³-hybridized carbons (Fsp3) is 0.545. The van der Waals surface area contributed by atoms with E-state index in [1.807, 2.05) is 0 Å². The number of nitrogens with one attached hydrogen (secondary N) is 2.